The molecule has 0 aliphatic heterocycles. The van der Waals surface area contributed by atoms with Crippen molar-refractivity contribution in [2.45, 2.75) is 43.5 Å². The lowest BCUT2D eigenvalue weighted by Gasteiger charge is -2.21. The van der Waals surface area contributed by atoms with Gasteiger partial charge < -0.3 is 9.47 Å². The van der Waals surface area contributed by atoms with Crippen LogP contribution in [0.3, 0.4) is 0 Å². The second-order valence-electron chi connectivity index (χ2n) is 5.34. The summed E-state index contributed by atoms with van der Waals surface area (Å²) in [4.78, 5) is 11.2. The third-order valence-electron chi connectivity index (χ3n) is 3.38. The van der Waals surface area contributed by atoms with Crippen LogP contribution in [0.15, 0.2) is 23.1 Å². The number of sulfonamides is 1. The first-order valence-electron chi connectivity index (χ1n) is 7.58. The number of hydrogen-bond donors (Lipinski definition) is 0. The van der Waals surface area contributed by atoms with Crippen LogP contribution in [-0.4, -0.2) is 44.2 Å². The normalized spacial score (nSPS) is 15.2. The zero-order valence-electron chi connectivity index (χ0n) is 13.4. The van der Waals surface area contributed by atoms with Crippen molar-refractivity contribution in [3.05, 3.63) is 24.3 Å². The van der Waals surface area contributed by atoms with E-state index in [0.717, 1.165) is 18.2 Å². The largest absolute Gasteiger partial charge is 0.573 e. The molecule has 6 nitrogen and oxygen atoms in total. The minimum atomic E-state index is -4.88. The van der Waals surface area contributed by atoms with Crippen LogP contribution in [-0.2, 0) is 19.6 Å². The maximum atomic E-state index is 12.7. The predicted molar refractivity (Wildman–Crippen MR) is 80.1 cm³/mol. The Morgan fingerprint density at radius 3 is 2.52 bits per heavy atom. The Morgan fingerprint density at radius 2 is 2.04 bits per heavy atom. The molecule has 0 unspecified atom stereocenters. The zero-order valence-corrected chi connectivity index (χ0v) is 14.2. The Hall–Kier alpha value is -1.81. The van der Waals surface area contributed by atoms with E-state index in [0.29, 0.717) is 12.8 Å². The highest BCUT2D eigenvalue weighted by molar-refractivity contribution is 7.89. The van der Waals surface area contributed by atoms with Crippen molar-refractivity contribution in [3.63, 3.8) is 0 Å². The average molecular weight is 380 g/mol. The quantitative estimate of drug-likeness (QED) is 0.648. The molecule has 1 fully saturated rings. The van der Waals surface area contributed by atoms with E-state index < -0.39 is 28.1 Å². The van der Waals surface area contributed by atoms with Gasteiger partial charge in [-0.2, -0.15) is 4.31 Å². The molecule has 0 amide bonds. The first kappa shape index (κ1) is 19.5. The van der Waals surface area contributed by atoms with Gasteiger partial charge in [-0.05, 0) is 38.0 Å². The lowest BCUT2D eigenvalue weighted by atomic mass is 10.3. The van der Waals surface area contributed by atoms with Gasteiger partial charge in [-0.3, -0.25) is 4.79 Å². The van der Waals surface area contributed by atoms with Gasteiger partial charge in [0.05, 0.1) is 17.9 Å². The van der Waals surface area contributed by atoms with Crippen LogP contribution in [0.5, 0.6) is 5.75 Å². The Bertz CT molecular complexity index is 699. The molecule has 10 heteroatoms. The number of esters is 1. The van der Waals surface area contributed by atoms with E-state index >= 15 is 0 Å². The van der Waals surface area contributed by atoms with Gasteiger partial charge in [0.1, 0.15) is 5.75 Å². The smallest absolute Gasteiger partial charge is 0.466 e. The molecule has 0 atom stereocenters. The SMILES string of the molecule is CCOC(=O)CCN(C1CC1)S(=O)(=O)c1c[c]c(OC(F)(F)F)cc1. The van der Waals surface area contributed by atoms with E-state index in [9.17, 15) is 26.4 Å². The molecular formula is C15H17F3NO5S. The van der Waals surface area contributed by atoms with Crippen molar-refractivity contribution in [1.29, 1.82) is 0 Å². The highest BCUT2D eigenvalue weighted by Crippen LogP contribution is 2.33. The Labute approximate surface area is 143 Å². The summed E-state index contributed by atoms with van der Waals surface area (Å²) in [6.45, 7) is 1.80. The molecule has 0 saturated heterocycles. The van der Waals surface area contributed by atoms with Gasteiger partial charge in [0, 0.05) is 18.7 Å². The molecule has 0 bridgehead atoms. The van der Waals surface area contributed by atoms with Crippen molar-refractivity contribution in [2.75, 3.05) is 13.2 Å². The molecule has 1 radical (unpaired) electrons. The predicted octanol–water partition coefficient (Wildman–Crippen LogP) is 2.49. The molecule has 1 aliphatic rings. The van der Waals surface area contributed by atoms with Crippen molar-refractivity contribution < 1.29 is 35.9 Å². The number of carbonyl (C=O) groups is 1. The number of ether oxygens (including phenoxy) is 2. The minimum absolute atomic E-state index is 0.0490. The summed E-state index contributed by atoms with van der Waals surface area (Å²) < 4.78 is 71.4. The second-order valence-corrected chi connectivity index (χ2v) is 7.23. The zero-order chi connectivity index (χ0) is 18.7. The van der Waals surface area contributed by atoms with Gasteiger partial charge in [0.25, 0.3) is 0 Å². The Kier molecular flexibility index (Phi) is 5.94. The van der Waals surface area contributed by atoms with E-state index in [4.69, 9.17) is 4.74 Å². The molecule has 1 aromatic carbocycles. The highest BCUT2D eigenvalue weighted by Gasteiger charge is 2.38. The van der Waals surface area contributed by atoms with Crippen LogP contribution >= 0.6 is 0 Å². The number of nitrogens with zero attached hydrogens (tertiary/aromatic N) is 1. The van der Waals surface area contributed by atoms with E-state index in [2.05, 4.69) is 10.8 Å². The number of benzene rings is 1. The maximum absolute atomic E-state index is 12.7. The fourth-order valence-electron chi connectivity index (χ4n) is 2.18. The molecule has 0 heterocycles. The Morgan fingerprint density at radius 1 is 1.36 bits per heavy atom. The molecular weight excluding hydrogens is 363 g/mol. The van der Waals surface area contributed by atoms with E-state index in [1.54, 1.807) is 6.92 Å². The van der Waals surface area contributed by atoms with Gasteiger partial charge in [-0.25, -0.2) is 8.42 Å². The minimum Gasteiger partial charge on any atom is -0.466 e. The lowest BCUT2D eigenvalue weighted by molar-refractivity contribution is -0.274. The van der Waals surface area contributed by atoms with E-state index in [1.807, 2.05) is 0 Å². The maximum Gasteiger partial charge on any atom is 0.573 e. The van der Waals surface area contributed by atoms with Gasteiger partial charge >= 0.3 is 12.3 Å². The summed E-state index contributed by atoms with van der Waals surface area (Å²) >= 11 is 0. The molecule has 25 heavy (non-hydrogen) atoms. The molecule has 0 spiro atoms. The first-order chi connectivity index (χ1) is 11.6. The van der Waals surface area contributed by atoms with Gasteiger partial charge in [0.2, 0.25) is 10.0 Å². The van der Waals surface area contributed by atoms with Crippen molar-refractivity contribution in [1.82, 2.24) is 4.31 Å². The molecule has 1 aliphatic carbocycles. The van der Waals surface area contributed by atoms with Gasteiger partial charge in [0.15, 0.2) is 0 Å². The fourth-order valence-corrected chi connectivity index (χ4v) is 3.83. The Balaban J connectivity index is 2.12. The number of rotatable bonds is 8. The first-order valence-corrected chi connectivity index (χ1v) is 9.02. The van der Waals surface area contributed by atoms with Crippen LogP contribution in [0.25, 0.3) is 0 Å². The summed E-state index contributed by atoms with van der Waals surface area (Å²) in [6.07, 6.45) is -3.64. The summed E-state index contributed by atoms with van der Waals surface area (Å²) in [7, 11) is -3.95. The van der Waals surface area contributed by atoms with Gasteiger partial charge in [-0.1, -0.05) is 0 Å². The average Bonchev–Trinajstić information content (AvgIpc) is 3.31. The number of carbonyl (C=O) groups excluding carboxylic acids is 1. The van der Waals surface area contributed by atoms with Crippen LogP contribution in [0, 0.1) is 6.07 Å². The van der Waals surface area contributed by atoms with Crippen molar-refractivity contribution in [2.24, 2.45) is 0 Å². The third-order valence-corrected chi connectivity index (χ3v) is 5.33. The number of halogens is 3. The number of alkyl halides is 3. The van der Waals surface area contributed by atoms with Crippen LogP contribution < -0.4 is 4.74 Å². The van der Waals surface area contributed by atoms with Crippen LogP contribution in [0.2, 0.25) is 0 Å². The van der Waals surface area contributed by atoms with Crippen LogP contribution in [0.1, 0.15) is 26.2 Å². The van der Waals surface area contributed by atoms with E-state index in [-0.39, 0.29) is 30.5 Å². The second kappa shape index (κ2) is 7.61. The topological polar surface area (TPSA) is 72.9 Å². The summed E-state index contributed by atoms with van der Waals surface area (Å²) in [5.41, 5.74) is 0. The molecule has 1 aromatic rings. The molecule has 0 aromatic heterocycles. The van der Waals surface area contributed by atoms with Gasteiger partial charge in [-0.15, -0.1) is 13.2 Å². The van der Waals surface area contributed by atoms with Crippen molar-refractivity contribution >= 4 is 16.0 Å². The fraction of sp³-hybridized carbons (Fsp3) is 0.533. The lowest BCUT2D eigenvalue weighted by Crippen LogP contribution is -2.35. The number of hydrogen-bond acceptors (Lipinski definition) is 5. The monoisotopic (exact) mass is 380 g/mol. The van der Waals surface area contributed by atoms with E-state index in [1.165, 1.54) is 4.31 Å². The summed E-state index contributed by atoms with van der Waals surface area (Å²) in [5, 5.41) is 0. The molecule has 1 saturated carbocycles. The van der Waals surface area contributed by atoms with Crippen LogP contribution in [0.4, 0.5) is 13.2 Å². The summed E-state index contributed by atoms with van der Waals surface area (Å²) in [5.74, 6) is -1.14. The van der Waals surface area contributed by atoms with Crippen molar-refractivity contribution in [3.8, 4) is 5.75 Å². The summed E-state index contributed by atoms with van der Waals surface area (Å²) in [6, 6.07) is 4.78. The standard InChI is InChI=1S/C15H17F3NO5S/c1-2-23-14(20)9-10-19(11-3-4-11)25(21,22)13-7-5-12(6-8-13)24-15(16,17)18/h5,7-8,11H,2-4,9-10H2,1H3. The molecule has 0 N–H and O–H groups in total. The molecule has 2 rings (SSSR count). The highest BCUT2D eigenvalue weighted by atomic mass is 32.2. The molecule has 139 valence electrons. The third kappa shape index (κ3) is 5.60.